The number of nitrogens with two attached hydrogens (primary N) is 2. The number of hydrogen-bond donors (Lipinski definition) is 2. The molecule has 2 aliphatic rings. The van der Waals surface area contributed by atoms with Crippen LogP contribution in [0.25, 0.3) is 22.3 Å². The lowest BCUT2D eigenvalue weighted by Crippen LogP contribution is -2.26. The summed E-state index contributed by atoms with van der Waals surface area (Å²) < 4.78 is 0. The molecule has 30 heavy (non-hydrogen) atoms. The highest BCUT2D eigenvalue weighted by Crippen LogP contribution is 2.59. The average Bonchev–Trinajstić information content (AvgIpc) is 3.18. The van der Waals surface area contributed by atoms with E-state index in [4.69, 9.17) is 11.5 Å². The topological polar surface area (TPSA) is 65.0 Å². The molecule has 0 saturated heterocycles. The van der Waals surface area contributed by atoms with Gasteiger partial charge in [0.05, 0.1) is 36.1 Å². The van der Waals surface area contributed by atoms with Crippen molar-refractivity contribution in [1.29, 1.82) is 0 Å². The monoisotopic (exact) mass is 400 g/mol. The van der Waals surface area contributed by atoms with Gasteiger partial charge in [0, 0.05) is 50.7 Å². The minimum atomic E-state index is 0.779. The predicted octanol–water partition coefficient (Wildman–Crippen LogP) is 3.87. The number of nitrogen functional groups attached to an aromatic ring is 2. The molecule has 0 unspecified atom stereocenters. The van der Waals surface area contributed by atoms with Gasteiger partial charge >= 0.3 is 0 Å². The van der Waals surface area contributed by atoms with Crippen LogP contribution in [0.2, 0.25) is 0 Å². The summed E-state index contributed by atoms with van der Waals surface area (Å²) in [5, 5.41) is 0. The molecule has 6 heteroatoms. The van der Waals surface area contributed by atoms with Crippen molar-refractivity contribution in [2.75, 3.05) is 72.6 Å². The van der Waals surface area contributed by atoms with E-state index in [-0.39, 0.29) is 0 Å². The zero-order chi connectivity index (χ0) is 21.2. The Labute approximate surface area is 177 Å². The van der Waals surface area contributed by atoms with Gasteiger partial charge in [0.1, 0.15) is 0 Å². The fourth-order valence-electron chi connectivity index (χ4n) is 4.95. The van der Waals surface area contributed by atoms with Crippen molar-refractivity contribution in [1.82, 2.24) is 0 Å². The summed E-state index contributed by atoms with van der Waals surface area (Å²) >= 11 is 0. The molecule has 5 rings (SSSR count). The van der Waals surface area contributed by atoms with Crippen LogP contribution >= 0.6 is 0 Å². The summed E-state index contributed by atoms with van der Waals surface area (Å²) in [5.74, 6) is 0. The molecule has 0 aromatic heterocycles. The molecule has 0 amide bonds. The quantitative estimate of drug-likeness (QED) is 0.637. The SMILES string of the molecule is CN1CN(C)c2c(-c3ccc(N)cc3)c3c(c(-c4ccc(N)cc4)c21)N(C)CN3C. The van der Waals surface area contributed by atoms with E-state index in [0.717, 1.165) is 24.7 Å². The van der Waals surface area contributed by atoms with Crippen molar-refractivity contribution in [3.8, 4) is 22.3 Å². The van der Waals surface area contributed by atoms with Gasteiger partial charge in [-0.25, -0.2) is 0 Å². The van der Waals surface area contributed by atoms with Crippen molar-refractivity contribution in [3.63, 3.8) is 0 Å². The number of hydrogen-bond acceptors (Lipinski definition) is 6. The second-order valence-corrected chi connectivity index (χ2v) is 8.46. The normalized spacial score (nSPS) is 15.1. The lowest BCUT2D eigenvalue weighted by atomic mass is 9.91. The molecule has 2 heterocycles. The van der Waals surface area contributed by atoms with Crippen molar-refractivity contribution < 1.29 is 0 Å². The Morgan fingerprint density at radius 2 is 0.767 bits per heavy atom. The third-order valence-corrected chi connectivity index (χ3v) is 6.17. The first-order valence-corrected chi connectivity index (χ1v) is 10.2. The minimum absolute atomic E-state index is 0.779. The first kappa shape index (κ1) is 18.5. The molecule has 0 spiro atoms. The van der Waals surface area contributed by atoms with Gasteiger partial charge in [-0.15, -0.1) is 0 Å². The van der Waals surface area contributed by atoms with Crippen LogP contribution in [0.1, 0.15) is 0 Å². The van der Waals surface area contributed by atoms with E-state index in [2.05, 4.69) is 72.1 Å². The number of nitrogens with zero attached hydrogens (tertiary/aromatic N) is 4. The summed E-state index contributed by atoms with van der Waals surface area (Å²) in [6, 6.07) is 16.5. The Balaban J connectivity index is 1.91. The maximum absolute atomic E-state index is 5.99. The first-order chi connectivity index (χ1) is 14.4. The van der Waals surface area contributed by atoms with Crippen LogP contribution < -0.4 is 31.1 Å². The van der Waals surface area contributed by atoms with Crippen LogP contribution in [-0.4, -0.2) is 41.5 Å². The standard InChI is InChI=1S/C24H28N6/c1-27-13-28(2)22-20(16-7-11-18(26)12-8-16)24-23(29(3)14-30(24)4)19(21(22)27)15-5-9-17(25)10-6-15/h5-12H,13-14,25-26H2,1-4H3. The van der Waals surface area contributed by atoms with Gasteiger partial charge in [0.2, 0.25) is 0 Å². The molecule has 3 aromatic rings. The predicted molar refractivity (Wildman–Crippen MR) is 129 cm³/mol. The van der Waals surface area contributed by atoms with E-state index in [1.165, 1.54) is 45.0 Å². The minimum Gasteiger partial charge on any atom is -0.399 e. The molecule has 0 bridgehead atoms. The average molecular weight is 401 g/mol. The third kappa shape index (κ3) is 2.56. The number of fused-ring (bicyclic) bond motifs is 2. The van der Waals surface area contributed by atoms with Crippen LogP contribution in [0.5, 0.6) is 0 Å². The summed E-state index contributed by atoms with van der Waals surface area (Å²) in [4.78, 5) is 9.37. The van der Waals surface area contributed by atoms with Crippen LogP contribution in [0, 0.1) is 0 Å². The van der Waals surface area contributed by atoms with E-state index in [1.54, 1.807) is 0 Å². The molecule has 0 fully saturated rings. The largest absolute Gasteiger partial charge is 0.399 e. The van der Waals surface area contributed by atoms with Gasteiger partial charge in [-0.2, -0.15) is 0 Å². The molecule has 2 aliphatic heterocycles. The van der Waals surface area contributed by atoms with Gasteiger partial charge in [-0.3, -0.25) is 0 Å². The summed E-state index contributed by atoms with van der Waals surface area (Å²) in [6.45, 7) is 1.69. The van der Waals surface area contributed by atoms with E-state index in [0.29, 0.717) is 0 Å². The molecule has 4 N–H and O–H groups in total. The summed E-state index contributed by atoms with van der Waals surface area (Å²) in [6.07, 6.45) is 0. The van der Waals surface area contributed by atoms with E-state index < -0.39 is 0 Å². The van der Waals surface area contributed by atoms with Gasteiger partial charge in [-0.1, -0.05) is 24.3 Å². The highest BCUT2D eigenvalue weighted by molar-refractivity contribution is 6.13. The third-order valence-electron chi connectivity index (χ3n) is 6.17. The summed E-state index contributed by atoms with van der Waals surface area (Å²) in [7, 11) is 8.67. The van der Waals surface area contributed by atoms with E-state index >= 15 is 0 Å². The van der Waals surface area contributed by atoms with E-state index in [9.17, 15) is 0 Å². The number of anilines is 6. The maximum Gasteiger partial charge on any atom is 0.0898 e. The van der Waals surface area contributed by atoms with Crippen molar-refractivity contribution >= 4 is 34.1 Å². The first-order valence-electron chi connectivity index (χ1n) is 10.2. The maximum atomic E-state index is 5.99. The number of rotatable bonds is 2. The van der Waals surface area contributed by atoms with Crippen molar-refractivity contribution in [2.45, 2.75) is 0 Å². The number of benzene rings is 3. The molecule has 3 aromatic carbocycles. The Morgan fingerprint density at radius 1 is 0.500 bits per heavy atom. The molecule has 154 valence electrons. The van der Waals surface area contributed by atoms with Crippen molar-refractivity contribution in [3.05, 3.63) is 48.5 Å². The Bertz CT molecular complexity index is 988. The molecular weight excluding hydrogens is 372 g/mol. The molecular formula is C24H28N6. The van der Waals surface area contributed by atoms with E-state index in [1.807, 2.05) is 24.3 Å². The smallest absolute Gasteiger partial charge is 0.0898 e. The molecule has 0 aliphatic carbocycles. The van der Waals surface area contributed by atoms with Crippen molar-refractivity contribution in [2.24, 2.45) is 0 Å². The second kappa shape index (κ2) is 6.49. The lowest BCUT2D eigenvalue weighted by molar-refractivity contribution is 0.907. The fourth-order valence-corrected chi connectivity index (χ4v) is 4.95. The second-order valence-electron chi connectivity index (χ2n) is 8.46. The van der Waals surface area contributed by atoms with Gasteiger partial charge in [-0.05, 0) is 35.4 Å². The highest BCUT2D eigenvalue weighted by atomic mass is 15.4. The van der Waals surface area contributed by atoms with Crippen LogP contribution in [0.3, 0.4) is 0 Å². The van der Waals surface area contributed by atoms with Crippen LogP contribution in [-0.2, 0) is 0 Å². The highest BCUT2D eigenvalue weighted by Gasteiger charge is 2.38. The summed E-state index contributed by atoms with van der Waals surface area (Å²) in [5.41, 5.74) is 23.5. The zero-order valence-corrected chi connectivity index (χ0v) is 18.0. The molecule has 6 nitrogen and oxygen atoms in total. The Kier molecular flexibility index (Phi) is 4.00. The Hall–Kier alpha value is -3.54. The van der Waals surface area contributed by atoms with Crippen LogP contribution in [0.15, 0.2) is 48.5 Å². The Morgan fingerprint density at radius 3 is 1.03 bits per heavy atom. The fraction of sp³-hybridized carbons (Fsp3) is 0.250. The van der Waals surface area contributed by atoms with Gasteiger partial charge in [0.25, 0.3) is 0 Å². The van der Waals surface area contributed by atoms with Gasteiger partial charge < -0.3 is 31.1 Å². The molecule has 0 radical (unpaired) electrons. The molecule has 0 saturated carbocycles. The van der Waals surface area contributed by atoms with Gasteiger partial charge in [0.15, 0.2) is 0 Å². The lowest BCUT2D eigenvalue weighted by Gasteiger charge is -2.25. The molecule has 0 atom stereocenters. The zero-order valence-electron chi connectivity index (χ0n) is 18.0. The van der Waals surface area contributed by atoms with Crippen LogP contribution in [0.4, 0.5) is 34.1 Å².